The number of hydrogen-bond acceptors (Lipinski definition) is 10. The molecule has 0 bridgehead atoms. The first-order valence-electron chi connectivity index (χ1n) is 16.9. The average Bonchev–Trinajstić information content (AvgIpc) is 3.37. The summed E-state index contributed by atoms with van der Waals surface area (Å²) in [6.45, 7) is 10.2. The topological polar surface area (TPSA) is 200 Å². The number of esters is 1. The summed E-state index contributed by atoms with van der Waals surface area (Å²) in [5.41, 5.74) is 6.02. The van der Waals surface area contributed by atoms with Gasteiger partial charge in [-0.05, 0) is 50.7 Å². The second kappa shape index (κ2) is 20.9. The summed E-state index contributed by atoms with van der Waals surface area (Å²) in [5.74, 6) is -2.74. The maximum Gasteiger partial charge on any atom is 0.312 e. The maximum absolute atomic E-state index is 13.4. The van der Waals surface area contributed by atoms with Gasteiger partial charge in [-0.1, -0.05) is 38.1 Å². The number of ketones is 2. The first kappa shape index (κ1) is 41.7. The van der Waals surface area contributed by atoms with E-state index in [0.29, 0.717) is 12.0 Å². The fraction of sp³-hybridized carbons (Fsp3) is 0.583. The lowest BCUT2D eigenvalue weighted by molar-refractivity contribution is -0.154. The number of hydrogen-bond donors (Lipinski definition) is 3. The summed E-state index contributed by atoms with van der Waals surface area (Å²) >= 11 is 0. The number of imide groups is 1. The lowest BCUT2D eigenvalue weighted by Crippen LogP contribution is -2.46. The van der Waals surface area contributed by atoms with E-state index in [1.54, 1.807) is 45.0 Å². The molecule has 2 rings (SSSR count). The fourth-order valence-electron chi connectivity index (χ4n) is 4.85. The molecule has 0 fully saturated rings. The third-order valence-corrected chi connectivity index (χ3v) is 7.90. The Bertz CT molecular complexity index is 1350. The summed E-state index contributed by atoms with van der Waals surface area (Å²) in [5, 5.41) is 5.34. The average molecular weight is 701 g/mol. The van der Waals surface area contributed by atoms with Crippen molar-refractivity contribution in [3.8, 4) is 0 Å². The number of benzene rings is 1. The standard InChI is InChI=1S/C36H52N4O10/c1-24(2)28(22-27(41)14-17-48-19-20-49-18-16-40-31(43)12-13-32(40)44)33(45)39-29(7-6-15-38-35(37)47)30(42)21-25-8-10-26(11-9-25)23-50-34(46)36(3,4)5/h8-13,24,28-29H,6-7,14-23H2,1-5H3,(H,39,45)(H3,37,38,47)/t28-,29-/m0/s1. The van der Waals surface area contributed by atoms with Crippen LogP contribution in [0.1, 0.15) is 71.4 Å². The minimum Gasteiger partial charge on any atom is -0.460 e. The summed E-state index contributed by atoms with van der Waals surface area (Å²) in [4.78, 5) is 87.0. The highest BCUT2D eigenvalue weighted by atomic mass is 16.5. The molecule has 0 radical (unpaired) electrons. The molecule has 1 aromatic rings. The first-order chi connectivity index (χ1) is 23.6. The van der Waals surface area contributed by atoms with E-state index in [0.717, 1.165) is 10.5 Å². The zero-order chi connectivity index (χ0) is 37.3. The third-order valence-electron chi connectivity index (χ3n) is 7.90. The van der Waals surface area contributed by atoms with E-state index in [4.69, 9.17) is 19.9 Å². The molecule has 0 saturated heterocycles. The van der Waals surface area contributed by atoms with Gasteiger partial charge in [0, 0.05) is 43.9 Å². The first-order valence-corrected chi connectivity index (χ1v) is 16.9. The van der Waals surface area contributed by atoms with Crippen molar-refractivity contribution >= 4 is 41.3 Å². The van der Waals surface area contributed by atoms with E-state index in [9.17, 15) is 33.6 Å². The summed E-state index contributed by atoms with van der Waals surface area (Å²) in [6, 6.07) is 5.55. The molecule has 2 atom stereocenters. The van der Waals surface area contributed by atoms with Crippen molar-refractivity contribution in [2.24, 2.45) is 23.0 Å². The summed E-state index contributed by atoms with van der Waals surface area (Å²) in [7, 11) is 0. The lowest BCUT2D eigenvalue weighted by Gasteiger charge is -2.24. The van der Waals surface area contributed by atoms with E-state index in [2.05, 4.69) is 10.6 Å². The molecule has 1 aliphatic heterocycles. The molecule has 0 aromatic heterocycles. The monoisotopic (exact) mass is 700 g/mol. The Morgan fingerprint density at radius 3 is 2.06 bits per heavy atom. The summed E-state index contributed by atoms with van der Waals surface area (Å²) in [6.07, 6.45) is 3.15. The van der Waals surface area contributed by atoms with Crippen LogP contribution in [-0.2, 0) is 56.0 Å². The Hall–Kier alpha value is -4.43. The molecular weight excluding hydrogens is 648 g/mol. The number of nitrogens with one attached hydrogen (secondary N) is 2. The Morgan fingerprint density at radius 1 is 0.880 bits per heavy atom. The van der Waals surface area contributed by atoms with Crippen LogP contribution in [0.15, 0.2) is 36.4 Å². The van der Waals surface area contributed by atoms with Crippen LogP contribution < -0.4 is 16.4 Å². The molecule has 0 spiro atoms. The van der Waals surface area contributed by atoms with Crippen molar-refractivity contribution < 1.29 is 47.8 Å². The number of carbonyl (C=O) groups is 7. The molecule has 276 valence electrons. The zero-order valence-electron chi connectivity index (χ0n) is 29.8. The van der Waals surface area contributed by atoms with Crippen LogP contribution in [0.2, 0.25) is 0 Å². The minimum atomic E-state index is -0.859. The van der Waals surface area contributed by atoms with E-state index in [1.807, 2.05) is 13.8 Å². The van der Waals surface area contributed by atoms with Gasteiger partial charge in [-0.25, -0.2) is 4.79 Å². The van der Waals surface area contributed by atoms with Crippen molar-refractivity contribution in [1.29, 1.82) is 0 Å². The molecule has 1 aromatic carbocycles. The number of Topliss-reactive ketones (excluding diaryl/α,β-unsaturated/α-hetero) is 2. The number of nitrogens with two attached hydrogens (primary N) is 1. The molecule has 0 saturated carbocycles. The van der Waals surface area contributed by atoms with Gasteiger partial charge in [0.1, 0.15) is 12.4 Å². The lowest BCUT2D eigenvalue weighted by atomic mass is 9.88. The van der Waals surface area contributed by atoms with Crippen molar-refractivity contribution in [1.82, 2.24) is 15.5 Å². The van der Waals surface area contributed by atoms with Gasteiger partial charge in [-0.2, -0.15) is 0 Å². The van der Waals surface area contributed by atoms with Gasteiger partial charge in [0.05, 0.1) is 44.4 Å². The molecule has 4 N–H and O–H groups in total. The second-order valence-corrected chi connectivity index (χ2v) is 13.5. The number of urea groups is 1. The number of primary amides is 1. The third kappa shape index (κ3) is 15.4. The molecule has 0 unspecified atom stereocenters. The van der Waals surface area contributed by atoms with Crippen LogP contribution in [0, 0.1) is 17.3 Å². The quantitative estimate of drug-likeness (QED) is 0.0865. The highest BCUT2D eigenvalue weighted by Crippen LogP contribution is 2.19. The van der Waals surface area contributed by atoms with Crippen LogP contribution in [0.3, 0.4) is 0 Å². The molecule has 1 heterocycles. The number of nitrogens with zero attached hydrogens (tertiary/aromatic N) is 1. The molecule has 14 nitrogen and oxygen atoms in total. The number of rotatable bonds is 23. The highest BCUT2D eigenvalue weighted by molar-refractivity contribution is 6.12. The SMILES string of the molecule is CC(C)[C@H](CC(=O)CCOCCOCCN1C(=O)C=CC1=O)C(=O)N[C@@H](CCCNC(N)=O)C(=O)Cc1ccc(COC(=O)C(C)(C)C)cc1. The van der Waals surface area contributed by atoms with E-state index in [1.165, 1.54) is 12.2 Å². The van der Waals surface area contributed by atoms with Crippen molar-refractivity contribution in [2.75, 3.05) is 39.5 Å². The van der Waals surface area contributed by atoms with Crippen molar-refractivity contribution in [3.63, 3.8) is 0 Å². The molecular formula is C36H52N4O10. The maximum atomic E-state index is 13.4. The highest BCUT2D eigenvalue weighted by Gasteiger charge is 2.29. The van der Waals surface area contributed by atoms with Crippen LogP contribution in [0.5, 0.6) is 0 Å². The molecule has 14 heteroatoms. The van der Waals surface area contributed by atoms with Gasteiger partial charge in [-0.15, -0.1) is 0 Å². The normalized spacial score (nSPS) is 14.1. The van der Waals surface area contributed by atoms with Crippen molar-refractivity contribution in [2.45, 2.75) is 79.4 Å². The van der Waals surface area contributed by atoms with Gasteiger partial charge < -0.3 is 30.6 Å². The minimum absolute atomic E-state index is 0.0271. The van der Waals surface area contributed by atoms with Gasteiger partial charge in [0.2, 0.25) is 5.91 Å². The van der Waals surface area contributed by atoms with Crippen LogP contribution in [0.4, 0.5) is 4.79 Å². The zero-order valence-corrected chi connectivity index (χ0v) is 29.8. The van der Waals surface area contributed by atoms with Crippen LogP contribution >= 0.6 is 0 Å². The second-order valence-electron chi connectivity index (χ2n) is 13.5. The predicted molar refractivity (Wildman–Crippen MR) is 183 cm³/mol. The Balaban J connectivity index is 1.87. The van der Waals surface area contributed by atoms with Gasteiger partial charge >= 0.3 is 12.0 Å². The Labute approximate surface area is 293 Å². The van der Waals surface area contributed by atoms with Crippen LogP contribution in [0.25, 0.3) is 0 Å². The number of amides is 5. The van der Waals surface area contributed by atoms with Gasteiger partial charge in [-0.3, -0.25) is 33.7 Å². The molecule has 50 heavy (non-hydrogen) atoms. The predicted octanol–water partition coefficient (Wildman–Crippen LogP) is 2.40. The smallest absolute Gasteiger partial charge is 0.312 e. The molecule has 5 amide bonds. The van der Waals surface area contributed by atoms with Gasteiger partial charge in [0.25, 0.3) is 11.8 Å². The van der Waals surface area contributed by atoms with Crippen LogP contribution in [-0.4, -0.2) is 91.7 Å². The fourth-order valence-corrected chi connectivity index (χ4v) is 4.85. The molecule has 1 aliphatic rings. The van der Waals surface area contributed by atoms with Crippen molar-refractivity contribution in [3.05, 3.63) is 47.5 Å². The van der Waals surface area contributed by atoms with E-state index in [-0.39, 0.29) is 107 Å². The van der Waals surface area contributed by atoms with E-state index < -0.39 is 29.3 Å². The largest absolute Gasteiger partial charge is 0.460 e. The number of ether oxygens (including phenoxy) is 3. The Morgan fingerprint density at radius 2 is 1.48 bits per heavy atom. The number of carbonyl (C=O) groups excluding carboxylic acids is 7. The Kier molecular flexibility index (Phi) is 17.5. The van der Waals surface area contributed by atoms with Gasteiger partial charge in [0.15, 0.2) is 5.78 Å². The van der Waals surface area contributed by atoms with E-state index >= 15 is 0 Å². The molecule has 0 aliphatic carbocycles. The summed E-state index contributed by atoms with van der Waals surface area (Å²) < 4.78 is 16.2.